The molecule has 0 aromatic heterocycles. The molecule has 0 aliphatic carbocycles. The van der Waals surface area contributed by atoms with E-state index >= 15 is 0 Å². The lowest BCUT2D eigenvalue weighted by Crippen LogP contribution is -2.23. The van der Waals surface area contributed by atoms with Crippen molar-refractivity contribution in [2.24, 2.45) is 0 Å². The zero-order valence-electron chi connectivity index (χ0n) is 4.96. The molecule has 0 heterocycles. The van der Waals surface area contributed by atoms with Crippen LogP contribution in [0.1, 0.15) is 6.92 Å². The van der Waals surface area contributed by atoms with E-state index in [1.54, 1.807) is 0 Å². The lowest BCUT2D eigenvalue weighted by Gasteiger charge is -2.22. The van der Waals surface area contributed by atoms with E-state index in [2.05, 4.69) is 0 Å². The van der Waals surface area contributed by atoms with Gasteiger partial charge in [0.25, 0.3) is 0 Å². The normalized spacial score (nSPS) is 17.0. The smallest absolute Gasteiger partial charge is 0.322 e. The maximum atomic E-state index is 10.4. The molecule has 0 aromatic rings. The summed E-state index contributed by atoms with van der Waals surface area (Å²) in [5.74, 6) is 0. The Morgan fingerprint density at radius 3 is 1.80 bits per heavy atom. The third kappa shape index (κ3) is 2.26. The summed E-state index contributed by atoms with van der Waals surface area (Å²) in [6.07, 6.45) is 0. The van der Waals surface area contributed by atoms with Crippen molar-refractivity contribution in [3.63, 3.8) is 0 Å². The Morgan fingerprint density at radius 1 is 1.50 bits per heavy atom. The van der Waals surface area contributed by atoms with E-state index in [0.717, 1.165) is 0 Å². The van der Waals surface area contributed by atoms with Crippen LogP contribution in [0.25, 0.3) is 0 Å². The Kier molecular flexibility index (Phi) is 3.50. The minimum Gasteiger partial charge on any atom is -0.322 e. The summed E-state index contributed by atoms with van der Waals surface area (Å²) >= 11 is 15.7. The van der Waals surface area contributed by atoms with Crippen LogP contribution in [-0.4, -0.2) is 19.2 Å². The molecule has 0 fully saturated rings. The quantitative estimate of drug-likeness (QED) is 0.560. The van der Waals surface area contributed by atoms with Crippen molar-refractivity contribution in [3.8, 4) is 0 Å². The highest BCUT2D eigenvalue weighted by atomic mass is 35.5. The minimum absolute atomic E-state index is 1.00. The van der Waals surface area contributed by atoms with Crippen LogP contribution < -0.4 is 0 Å². The van der Waals surface area contributed by atoms with Gasteiger partial charge < -0.3 is 9.79 Å². The molecule has 7 heteroatoms. The zero-order chi connectivity index (χ0) is 8.58. The Morgan fingerprint density at radius 2 is 1.80 bits per heavy atom. The lowest BCUT2D eigenvalue weighted by molar-refractivity contribution is 0.363. The fraction of sp³-hybridized carbons (Fsp3) is 1.00. The first kappa shape index (κ1) is 11.0. The van der Waals surface area contributed by atoms with Crippen LogP contribution in [0.5, 0.6) is 0 Å². The van der Waals surface area contributed by atoms with Crippen LogP contribution in [0.15, 0.2) is 0 Å². The van der Waals surface area contributed by atoms with Gasteiger partial charge in [-0.25, -0.2) is 0 Å². The fourth-order valence-corrected chi connectivity index (χ4v) is 1.08. The summed E-state index contributed by atoms with van der Waals surface area (Å²) in [6.45, 7) is 1.31. The average molecular weight is 227 g/mol. The van der Waals surface area contributed by atoms with Crippen LogP contribution in [0.2, 0.25) is 0 Å². The Balaban J connectivity index is 4.58. The van der Waals surface area contributed by atoms with Crippen LogP contribution in [0.3, 0.4) is 0 Å². The molecule has 0 aromatic carbocycles. The Labute approximate surface area is 73.4 Å². The topological polar surface area (TPSA) is 57.5 Å². The van der Waals surface area contributed by atoms with Crippen molar-refractivity contribution < 1.29 is 14.4 Å². The number of rotatable bonds is 2. The molecule has 10 heavy (non-hydrogen) atoms. The molecule has 62 valence electrons. The number of halogens is 3. The molecule has 0 bridgehead atoms. The van der Waals surface area contributed by atoms with Crippen LogP contribution in [0, 0.1) is 0 Å². The molecule has 0 radical (unpaired) electrons. The lowest BCUT2D eigenvalue weighted by atomic mass is 10.5. The number of hydrogen-bond donors (Lipinski definition) is 2. The van der Waals surface area contributed by atoms with Crippen molar-refractivity contribution >= 4 is 42.4 Å². The fourth-order valence-electron chi connectivity index (χ4n) is 0.232. The molecule has 0 aliphatic heterocycles. The largest absolute Gasteiger partial charge is 0.362 e. The predicted octanol–water partition coefficient (Wildman–Crippen LogP) is 1.92. The highest BCUT2D eigenvalue weighted by Gasteiger charge is 2.47. The van der Waals surface area contributed by atoms with E-state index in [9.17, 15) is 4.57 Å². The molecule has 0 aliphatic rings. The maximum absolute atomic E-state index is 10.4. The van der Waals surface area contributed by atoms with Gasteiger partial charge in [-0.1, -0.05) is 23.2 Å². The molecule has 1 atom stereocenters. The summed E-state index contributed by atoms with van der Waals surface area (Å²) in [4.78, 5) is 17.0. The van der Waals surface area contributed by atoms with Gasteiger partial charge in [-0.2, -0.15) is 0 Å². The molecule has 0 spiro atoms. The van der Waals surface area contributed by atoms with Crippen LogP contribution in [-0.2, 0) is 4.57 Å². The van der Waals surface area contributed by atoms with Gasteiger partial charge >= 0.3 is 7.60 Å². The van der Waals surface area contributed by atoms with E-state index in [1.165, 1.54) is 6.92 Å². The Hall–Kier alpha value is 1.02. The average Bonchev–Trinajstić information content (AvgIpc) is 1.62. The van der Waals surface area contributed by atoms with Crippen molar-refractivity contribution in [2.75, 3.05) is 0 Å². The summed E-state index contributed by atoms with van der Waals surface area (Å²) in [6, 6.07) is 0. The summed E-state index contributed by atoms with van der Waals surface area (Å²) in [5, 5.41) is -1.00. The zero-order valence-corrected chi connectivity index (χ0v) is 8.12. The number of hydrogen-bond acceptors (Lipinski definition) is 1. The molecule has 3 nitrogen and oxygen atoms in total. The summed E-state index contributed by atoms with van der Waals surface area (Å²) in [5.41, 5.74) is 0. The van der Waals surface area contributed by atoms with E-state index in [-0.39, 0.29) is 0 Å². The highest BCUT2D eigenvalue weighted by molar-refractivity contribution is 7.58. The molecule has 1 unspecified atom stereocenters. The molecule has 2 N–H and O–H groups in total. The van der Waals surface area contributed by atoms with Gasteiger partial charge in [-0.05, 0) is 6.92 Å². The molecule has 0 saturated heterocycles. The first-order chi connectivity index (χ1) is 4.19. The predicted molar refractivity (Wildman–Crippen MR) is 41.8 cm³/mol. The summed E-state index contributed by atoms with van der Waals surface area (Å²) in [7, 11) is -4.53. The third-order valence-corrected chi connectivity index (χ3v) is 4.71. The van der Waals surface area contributed by atoms with Crippen molar-refractivity contribution in [3.05, 3.63) is 0 Å². The second kappa shape index (κ2) is 3.18. The first-order valence-electron chi connectivity index (χ1n) is 2.27. The van der Waals surface area contributed by atoms with Gasteiger partial charge in [0.2, 0.25) is 4.07 Å². The Bertz CT molecular complexity index is 162. The van der Waals surface area contributed by atoms with Crippen molar-refractivity contribution in [2.45, 2.75) is 16.4 Å². The van der Waals surface area contributed by atoms with E-state index in [1.807, 2.05) is 0 Å². The third-order valence-electron chi connectivity index (χ3n) is 0.867. The molecular formula is C3H6Cl3O3P. The van der Waals surface area contributed by atoms with E-state index in [4.69, 9.17) is 44.6 Å². The van der Waals surface area contributed by atoms with E-state index in [0.29, 0.717) is 0 Å². The SMILES string of the molecule is CC(Cl)C(Cl)(Cl)P(=O)(O)O. The van der Waals surface area contributed by atoms with Gasteiger partial charge in [-0.15, -0.1) is 11.6 Å². The van der Waals surface area contributed by atoms with Crippen molar-refractivity contribution in [1.29, 1.82) is 0 Å². The van der Waals surface area contributed by atoms with Gasteiger partial charge in [0.05, 0.1) is 5.38 Å². The maximum Gasteiger partial charge on any atom is 0.362 e. The molecular weight excluding hydrogens is 221 g/mol. The molecule has 0 saturated carbocycles. The second-order valence-corrected chi connectivity index (χ2v) is 6.11. The number of alkyl halides is 3. The summed E-state index contributed by atoms with van der Waals surface area (Å²) < 4.78 is 8.25. The van der Waals surface area contributed by atoms with Gasteiger partial charge in [0, 0.05) is 0 Å². The monoisotopic (exact) mass is 226 g/mol. The van der Waals surface area contributed by atoms with Gasteiger partial charge in [0.15, 0.2) is 0 Å². The second-order valence-electron chi connectivity index (χ2n) is 1.75. The van der Waals surface area contributed by atoms with Crippen LogP contribution in [0.4, 0.5) is 0 Å². The van der Waals surface area contributed by atoms with Crippen LogP contribution >= 0.6 is 42.4 Å². The van der Waals surface area contributed by atoms with Gasteiger partial charge in [0.1, 0.15) is 0 Å². The standard InChI is InChI=1S/C3H6Cl3O3P/c1-2(4)3(5,6)10(7,8)9/h2H,1H3,(H2,7,8,9). The van der Waals surface area contributed by atoms with Crippen molar-refractivity contribution in [1.82, 2.24) is 0 Å². The first-order valence-corrected chi connectivity index (χ1v) is 5.07. The molecule has 0 amide bonds. The van der Waals surface area contributed by atoms with E-state index < -0.39 is 17.0 Å². The van der Waals surface area contributed by atoms with Gasteiger partial charge in [-0.3, -0.25) is 4.57 Å². The minimum atomic E-state index is -4.53. The molecule has 0 rings (SSSR count). The highest BCUT2D eigenvalue weighted by Crippen LogP contribution is 2.59.